The number of ether oxygens (including phenoxy) is 1. The molecule has 2 aromatic rings. The fourth-order valence-electron chi connectivity index (χ4n) is 3.04. The van der Waals surface area contributed by atoms with Gasteiger partial charge in [0.15, 0.2) is 0 Å². The molecule has 1 aliphatic rings. The van der Waals surface area contributed by atoms with Gasteiger partial charge in [0.05, 0.1) is 22.9 Å². The van der Waals surface area contributed by atoms with Crippen molar-refractivity contribution in [2.45, 2.75) is 32.1 Å². The van der Waals surface area contributed by atoms with Crippen molar-refractivity contribution in [1.82, 2.24) is 9.88 Å². The van der Waals surface area contributed by atoms with Crippen LogP contribution in [0, 0.1) is 0 Å². The lowest BCUT2D eigenvalue weighted by atomic mass is 10.1. The van der Waals surface area contributed by atoms with Crippen LogP contribution in [0.15, 0.2) is 36.4 Å². The topological polar surface area (TPSA) is 25.4 Å². The molecule has 0 amide bonds. The molecule has 1 saturated heterocycles. The Morgan fingerprint density at radius 3 is 2.90 bits per heavy atom. The second-order valence-electron chi connectivity index (χ2n) is 6.32. The zero-order valence-corrected chi connectivity index (χ0v) is 13.3. The first-order valence-electron chi connectivity index (χ1n) is 7.36. The highest BCUT2D eigenvalue weighted by molar-refractivity contribution is 6.18. The lowest BCUT2D eigenvalue weighted by Gasteiger charge is -2.42. The van der Waals surface area contributed by atoms with Crippen molar-refractivity contribution >= 4 is 22.5 Å². The maximum absolute atomic E-state index is 5.99. The van der Waals surface area contributed by atoms with E-state index in [1.54, 1.807) is 0 Å². The van der Waals surface area contributed by atoms with Crippen LogP contribution in [0.4, 0.5) is 0 Å². The van der Waals surface area contributed by atoms with E-state index >= 15 is 0 Å². The van der Waals surface area contributed by atoms with Crippen molar-refractivity contribution in [2.75, 3.05) is 19.0 Å². The van der Waals surface area contributed by atoms with Gasteiger partial charge in [-0.25, -0.2) is 0 Å². The van der Waals surface area contributed by atoms with Gasteiger partial charge in [0.25, 0.3) is 0 Å². The van der Waals surface area contributed by atoms with Gasteiger partial charge in [-0.15, -0.1) is 11.6 Å². The average Bonchev–Trinajstić information content (AvgIpc) is 2.45. The molecule has 1 fully saturated rings. The minimum Gasteiger partial charge on any atom is -0.368 e. The van der Waals surface area contributed by atoms with E-state index in [9.17, 15) is 0 Å². The Morgan fingerprint density at radius 2 is 2.10 bits per heavy atom. The highest BCUT2D eigenvalue weighted by atomic mass is 35.5. The van der Waals surface area contributed by atoms with Crippen molar-refractivity contribution in [3.63, 3.8) is 0 Å². The monoisotopic (exact) mass is 304 g/mol. The molecule has 1 aromatic carbocycles. The molecule has 0 aliphatic carbocycles. The normalized spacial score (nSPS) is 22.5. The summed E-state index contributed by atoms with van der Waals surface area (Å²) in [5, 5.41) is 1.18. The number of para-hydroxylation sites is 1. The fraction of sp³-hybridized carbons (Fsp3) is 0.471. The molecular weight excluding hydrogens is 284 g/mol. The Balaban J connectivity index is 1.77. The molecule has 2 heterocycles. The van der Waals surface area contributed by atoms with Gasteiger partial charge in [0.1, 0.15) is 0 Å². The van der Waals surface area contributed by atoms with E-state index in [-0.39, 0.29) is 11.7 Å². The van der Waals surface area contributed by atoms with E-state index in [2.05, 4.69) is 43.0 Å². The zero-order valence-electron chi connectivity index (χ0n) is 12.6. The Hall–Kier alpha value is -1.16. The van der Waals surface area contributed by atoms with Gasteiger partial charge in [-0.3, -0.25) is 9.88 Å². The molecular formula is C17H21ClN2O. The Morgan fingerprint density at radius 1 is 1.29 bits per heavy atom. The molecule has 1 atom stereocenters. The van der Waals surface area contributed by atoms with Crippen molar-refractivity contribution in [1.29, 1.82) is 0 Å². The third-order valence-electron chi connectivity index (χ3n) is 3.77. The van der Waals surface area contributed by atoms with Crippen LogP contribution >= 0.6 is 11.6 Å². The number of rotatable bonds is 3. The standard InChI is InChI=1S/C17H21ClN2O/c1-17(2)12-20(11-15(9-18)21-17)10-14-8-7-13-5-3-4-6-16(13)19-14/h3-8,15H,9-12H2,1-2H3. The summed E-state index contributed by atoms with van der Waals surface area (Å²) in [4.78, 5) is 7.14. The Kier molecular flexibility index (Phi) is 4.16. The van der Waals surface area contributed by atoms with Crippen molar-refractivity contribution in [3.8, 4) is 0 Å². The van der Waals surface area contributed by atoms with E-state index in [0.717, 1.165) is 30.8 Å². The molecule has 1 aliphatic heterocycles. The summed E-state index contributed by atoms with van der Waals surface area (Å²) in [6, 6.07) is 12.5. The lowest BCUT2D eigenvalue weighted by Crippen LogP contribution is -2.52. The van der Waals surface area contributed by atoms with E-state index < -0.39 is 0 Å². The van der Waals surface area contributed by atoms with E-state index in [4.69, 9.17) is 21.3 Å². The number of fused-ring (bicyclic) bond motifs is 1. The molecule has 21 heavy (non-hydrogen) atoms. The molecule has 3 rings (SSSR count). The first-order chi connectivity index (χ1) is 10.1. The highest BCUT2D eigenvalue weighted by Crippen LogP contribution is 2.23. The molecule has 112 valence electrons. The number of hydrogen-bond acceptors (Lipinski definition) is 3. The van der Waals surface area contributed by atoms with Crippen LogP contribution in [0.25, 0.3) is 10.9 Å². The molecule has 0 bridgehead atoms. The lowest BCUT2D eigenvalue weighted by molar-refractivity contribution is -0.129. The van der Waals surface area contributed by atoms with Crippen molar-refractivity contribution in [2.24, 2.45) is 0 Å². The third kappa shape index (κ3) is 3.54. The first kappa shape index (κ1) is 14.8. The first-order valence-corrected chi connectivity index (χ1v) is 7.90. The Bertz CT molecular complexity index is 629. The summed E-state index contributed by atoms with van der Waals surface area (Å²) >= 11 is 5.99. The predicted octanol–water partition coefficient (Wildman–Crippen LogP) is 3.45. The molecule has 0 N–H and O–H groups in total. The maximum atomic E-state index is 5.99. The quantitative estimate of drug-likeness (QED) is 0.812. The number of hydrogen-bond donors (Lipinski definition) is 0. The second-order valence-corrected chi connectivity index (χ2v) is 6.63. The van der Waals surface area contributed by atoms with Crippen molar-refractivity contribution < 1.29 is 4.74 Å². The summed E-state index contributed by atoms with van der Waals surface area (Å²) in [7, 11) is 0. The van der Waals surface area contributed by atoms with Crippen LogP contribution in [0.1, 0.15) is 19.5 Å². The van der Waals surface area contributed by atoms with E-state index in [0.29, 0.717) is 5.88 Å². The summed E-state index contributed by atoms with van der Waals surface area (Å²) < 4.78 is 5.97. The number of pyridine rings is 1. The molecule has 3 nitrogen and oxygen atoms in total. The van der Waals surface area contributed by atoms with Crippen LogP contribution in [0.2, 0.25) is 0 Å². The van der Waals surface area contributed by atoms with Gasteiger partial charge < -0.3 is 4.74 Å². The minimum atomic E-state index is -0.158. The summed E-state index contributed by atoms with van der Waals surface area (Å²) in [5.41, 5.74) is 1.99. The number of alkyl halides is 1. The number of morpholine rings is 1. The maximum Gasteiger partial charge on any atom is 0.0845 e. The minimum absolute atomic E-state index is 0.0934. The SMILES string of the molecule is CC1(C)CN(Cc2ccc3ccccc3n2)CC(CCl)O1. The smallest absolute Gasteiger partial charge is 0.0845 e. The van der Waals surface area contributed by atoms with Crippen LogP contribution in [0.5, 0.6) is 0 Å². The molecule has 1 unspecified atom stereocenters. The van der Waals surface area contributed by atoms with Gasteiger partial charge in [0.2, 0.25) is 0 Å². The zero-order chi connectivity index (χ0) is 14.9. The van der Waals surface area contributed by atoms with Gasteiger partial charge in [-0.1, -0.05) is 24.3 Å². The summed E-state index contributed by atoms with van der Waals surface area (Å²) in [6.07, 6.45) is 0.0934. The van der Waals surface area contributed by atoms with Gasteiger partial charge in [-0.05, 0) is 26.0 Å². The van der Waals surface area contributed by atoms with Gasteiger partial charge in [-0.2, -0.15) is 0 Å². The molecule has 1 aromatic heterocycles. The van der Waals surface area contributed by atoms with Crippen LogP contribution in [-0.2, 0) is 11.3 Å². The summed E-state index contributed by atoms with van der Waals surface area (Å²) in [5.74, 6) is 0.533. The van der Waals surface area contributed by atoms with Gasteiger partial charge >= 0.3 is 0 Å². The van der Waals surface area contributed by atoms with Crippen LogP contribution in [-0.4, -0.2) is 40.6 Å². The molecule has 0 saturated carbocycles. The second kappa shape index (κ2) is 5.91. The van der Waals surface area contributed by atoms with Crippen molar-refractivity contribution in [3.05, 3.63) is 42.1 Å². The highest BCUT2D eigenvalue weighted by Gasteiger charge is 2.32. The molecule has 0 spiro atoms. The van der Waals surface area contributed by atoms with Crippen LogP contribution < -0.4 is 0 Å². The third-order valence-corrected chi connectivity index (χ3v) is 4.11. The number of nitrogens with zero attached hydrogens (tertiary/aromatic N) is 2. The number of benzene rings is 1. The largest absolute Gasteiger partial charge is 0.368 e. The fourth-order valence-corrected chi connectivity index (χ4v) is 3.20. The van der Waals surface area contributed by atoms with Crippen LogP contribution in [0.3, 0.4) is 0 Å². The Labute approximate surface area is 130 Å². The predicted molar refractivity (Wildman–Crippen MR) is 86.7 cm³/mol. The summed E-state index contributed by atoms with van der Waals surface area (Å²) in [6.45, 7) is 6.83. The van der Waals surface area contributed by atoms with E-state index in [1.807, 2.05) is 12.1 Å². The molecule has 4 heteroatoms. The van der Waals surface area contributed by atoms with E-state index in [1.165, 1.54) is 5.39 Å². The number of aromatic nitrogens is 1. The molecule has 0 radical (unpaired) electrons. The number of halogens is 1. The van der Waals surface area contributed by atoms with Gasteiger partial charge in [0, 0.05) is 30.9 Å². The average molecular weight is 305 g/mol.